The predicted octanol–water partition coefficient (Wildman–Crippen LogP) is 4.33. The highest BCUT2D eigenvalue weighted by Crippen LogP contribution is 2.48. The van der Waals surface area contributed by atoms with Gasteiger partial charge in [0.15, 0.2) is 0 Å². The van der Waals surface area contributed by atoms with Crippen molar-refractivity contribution in [2.45, 2.75) is 39.0 Å². The minimum absolute atomic E-state index is 0.0277. The van der Waals surface area contributed by atoms with E-state index in [0.29, 0.717) is 5.02 Å². The van der Waals surface area contributed by atoms with E-state index in [2.05, 4.69) is 13.8 Å². The van der Waals surface area contributed by atoms with Crippen LogP contribution in [0.1, 0.15) is 44.6 Å². The SMILES string of the molecule is CC1(C)CCC(C(=O)O)C(c2ccccc2Cl)C1. The summed E-state index contributed by atoms with van der Waals surface area (Å²) in [6.45, 7) is 4.41. The minimum Gasteiger partial charge on any atom is -0.481 e. The van der Waals surface area contributed by atoms with E-state index in [4.69, 9.17) is 11.6 Å². The molecule has 98 valence electrons. The van der Waals surface area contributed by atoms with Crippen LogP contribution in [0.4, 0.5) is 0 Å². The van der Waals surface area contributed by atoms with Crippen molar-refractivity contribution in [2.24, 2.45) is 11.3 Å². The second-order valence-corrected chi connectivity index (χ2v) is 6.39. The fourth-order valence-corrected chi connectivity index (χ4v) is 3.26. The van der Waals surface area contributed by atoms with Gasteiger partial charge in [-0.05, 0) is 42.2 Å². The van der Waals surface area contributed by atoms with Crippen LogP contribution in [-0.4, -0.2) is 11.1 Å². The molecule has 0 amide bonds. The summed E-state index contributed by atoms with van der Waals surface area (Å²) < 4.78 is 0. The van der Waals surface area contributed by atoms with Gasteiger partial charge in [-0.25, -0.2) is 0 Å². The van der Waals surface area contributed by atoms with Crippen LogP contribution in [0.5, 0.6) is 0 Å². The number of hydrogen-bond acceptors (Lipinski definition) is 1. The molecule has 2 rings (SSSR count). The van der Waals surface area contributed by atoms with Crippen molar-refractivity contribution in [3.05, 3.63) is 34.9 Å². The molecule has 1 aliphatic rings. The van der Waals surface area contributed by atoms with Gasteiger partial charge < -0.3 is 5.11 Å². The lowest BCUT2D eigenvalue weighted by Crippen LogP contribution is -2.33. The number of benzene rings is 1. The highest BCUT2D eigenvalue weighted by molar-refractivity contribution is 6.31. The Labute approximate surface area is 113 Å². The Kier molecular flexibility index (Phi) is 3.67. The number of carboxylic acids is 1. The van der Waals surface area contributed by atoms with Crippen LogP contribution in [0.2, 0.25) is 5.02 Å². The van der Waals surface area contributed by atoms with Crippen LogP contribution in [0.15, 0.2) is 24.3 Å². The molecule has 1 aliphatic carbocycles. The van der Waals surface area contributed by atoms with E-state index in [9.17, 15) is 9.90 Å². The standard InChI is InChI=1S/C15H19ClO2/c1-15(2)8-7-11(14(17)18)12(9-15)10-5-3-4-6-13(10)16/h3-6,11-12H,7-9H2,1-2H3,(H,17,18). The van der Waals surface area contributed by atoms with Crippen LogP contribution in [-0.2, 0) is 4.79 Å². The molecule has 3 heteroatoms. The van der Waals surface area contributed by atoms with Gasteiger partial charge in [0, 0.05) is 5.02 Å². The Morgan fingerprint density at radius 2 is 2.06 bits per heavy atom. The molecule has 1 aromatic carbocycles. The molecule has 0 radical (unpaired) electrons. The van der Waals surface area contributed by atoms with E-state index in [1.807, 2.05) is 24.3 Å². The third-order valence-corrected chi connectivity index (χ3v) is 4.36. The summed E-state index contributed by atoms with van der Waals surface area (Å²) >= 11 is 6.23. The molecular formula is C15H19ClO2. The molecule has 0 saturated heterocycles. The minimum atomic E-state index is -0.699. The molecule has 0 aromatic heterocycles. The Bertz CT molecular complexity index is 454. The Balaban J connectivity index is 2.36. The second kappa shape index (κ2) is 4.93. The van der Waals surface area contributed by atoms with Gasteiger partial charge in [-0.15, -0.1) is 0 Å². The Morgan fingerprint density at radius 3 is 2.67 bits per heavy atom. The third kappa shape index (κ3) is 2.69. The summed E-state index contributed by atoms with van der Waals surface area (Å²) in [5.74, 6) is -0.978. The van der Waals surface area contributed by atoms with Crippen LogP contribution < -0.4 is 0 Å². The molecule has 18 heavy (non-hydrogen) atoms. The van der Waals surface area contributed by atoms with Gasteiger partial charge in [0.2, 0.25) is 0 Å². The zero-order valence-corrected chi connectivity index (χ0v) is 11.6. The number of halogens is 1. The fourth-order valence-electron chi connectivity index (χ4n) is 2.99. The average molecular weight is 267 g/mol. The molecule has 1 aromatic rings. The molecule has 0 spiro atoms. The summed E-state index contributed by atoms with van der Waals surface area (Å²) in [5.41, 5.74) is 1.18. The van der Waals surface area contributed by atoms with E-state index in [0.717, 1.165) is 24.8 Å². The topological polar surface area (TPSA) is 37.3 Å². The van der Waals surface area contributed by atoms with Gasteiger partial charge in [-0.2, -0.15) is 0 Å². The predicted molar refractivity (Wildman–Crippen MR) is 73.0 cm³/mol. The van der Waals surface area contributed by atoms with E-state index in [-0.39, 0.29) is 17.3 Å². The van der Waals surface area contributed by atoms with Crippen LogP contribution in [0, 0.1) is 11.3 Å². The van der Waals surface area contributed by atoms with E-state index < -0.39 is 5.97 Å². The van der Waals surface area contributed by atoms with Crippen molar-refractivity contribution < 1.29 is 9.90 Å². The van der Waals surface area contributed by atoms with Crippen molar-refractivity contribution in [3.63, 3.8) is 0 Å². The Hall–Kier alpha value is -1.02. The molecule has 2 nitrogen and oxygen atoms in total. The number of rotatable bonds is 2. The van der Waals surface area contributed by atoms with Crippen molar-refractivity contribution in [3.8, 4) is 0 Å². The molecule has 2 atom stereocenters. The summed E-state index contributed by atoms with van der Waals surface area (Å²) in [6, 6.07) is 7.62. The lowest BCUT2D eigenvalue weighted by atomic mass is 9.65. The van der Waals surface area contributed by atoms with E-state index in [1.165, 1.54) is 0 Å². The molecule has 1 fully saturated rings. The van der Waals surface area contributed by atoms with Crippen molar-refractivity contribution in [1.82, 2.24) is 0 Å². The maximum atomic E-state index is 11.4. The molecule has 1 saturated carbocycles. The first-order valence-electron chi connectivity index (χ1n) is 6.38. The van der Waals surface area contributed by atoms with Gasteiger partial charge in [-0.1, -0.05) is 43.6 Å². The summed E-state index contributed by atoms with van der Waals surface area (Å²) in [7, 11) is 0. The van der Waals surface area contributed by atoms with Gasteiger partial charge in [-0.3, -0.25) is 4.79 Å². The highest BCUT2D eigenvalue weighted by atomic mass is 35.5. The first-order chi connectivity index (χ1) is 8.41. The van der Waals surface area contributed by atoms with Crippen molar-refractivity contribution in [2.75, 3.05) is 0 Å². The fraction of sp³-hybridized carbons (Fsp3) is 0.533. The summed E-state index contributed by atoms with van der Waals surface area (Å²) in [5, 5.41) is 10.1. The largest absolute Gasteiger partial charge is 0.481 e. The van der Waals surface area contributed by atoms with Crippen LogP contribution in [0.3, 0.4) is 0 Å². The zero-order chi connectivity index (χ0) is 13.3. The van der Waals surface area contributed by atoms with Crippen molar-refractivity contribution in [1.29, 1.82) is 0 Å². The third-order valence-electron chi connectivity index (χ3n) is 4.01. The first-order valence-corrected chi connectivity index (χ1v) is 6.76. The smallest absolute Gasteiger partial charge is 0.307 e. The summed E-state index contributed by atoms with van der Waals surface area (Å²) in [4.78, 5) is 11.4. The Morgan fingerprint density at radius 1 is 1.39 bits per heavy atom. The molecular weight excluding hydrogens is 248 g/mol. The van der Waals surface area contributed by atoms with Gasteiger partial charge in [0.05, 0.1) is 5.92 Å². The second-order valence-electron chi connectivity index (χ2n) is 5.98. The van der Waals surface area contributed by atoms with Gasteiger partial charge in [0.25, 0.3) is 0 Å². The summed E-state index contributed by atoms with van der Waals surface area (Å²) in [6.07, 6.45) is 2.58. The molecule has 0 bridgehead atoms. The first kappa shape index (κ1) is 13.4. The highest BCUT2D eigenvalue weighted by Gasteiger charge is 2.39. The maximum Gasteiger partial charge on any atom is 0.307 e. The number of aliphatic carboxylic acids is 1. The van der Waals surface area contributed by atoms with E-state index in [1.54, 1.807) is 0 Å². The number of carbonyl (C=O) groups is 1. The average Bonchev–Trinajstić information content (AvgIpc) is 2.27. The monoisotopic (exact) mass is 266 g/mol. The normalized spacial score (nSPS) is 26.8. The zero-order valence-electron chi connectivity index (χ0n) is 10.8. The maximum absolute atomic E-state index is 11.4. The lowest BCUT2D eigenvalue weighted by Gasteiger charge is -2.39. The van der Waals surface area contributed by atoms with Crippen LogP contribution in [0.25, 0.3) is 0 Å². The lowest BCUT2D eigenvalue weighted by molar-refractivity contribution is -0.144. The molecule has 1 N–H and O–H groups in total. The van der Waals surface area contributed by atoms with Crippen molar-refractivity contribution >= 4 is 17.6 Å². The van der Waals surface area contributed by atoms with Gasteiger partial charge >= 0.3 is 5.97 Å². The van der Waals surface area contributed by atoms with Gasteiger partial charge in [0.1, 0.15) is 0 Å². The molecule has 0 heterocycles. The molecule has 2 unspecified atom stereocenters. The van der Waals surface area contributed by atoms with E-state index >= 15 is 0 Å². The van der Waals surface area contributed by atoms with Crippen LogP contribution >= 0.6 is 11.6 Å². The number of carboxylic acid groups (broad SMARTS) is 1. The quantitative estimate of drug-likeness (QED) is 0.865. The molecule has 0 aliphatic heterocycles. The number of hydrogen-bond donors (Lipinski definition) is 1.